The first-order valence-electron chi connectivity index (χ1n) is 6.98. The van der Waals surface area contributed by atoms with E-state index in [-0.39, 0.29) is 11.8 Å². The van der Waals surface area contributed by atoms with Crippen molar-refractivity contribution < 1.29 is 13.2 Å². The second kappa shape index (κ2) is 6.72. The average molecular weight is 306 g/mol. The molecule has 21 heavy (non-hydrogen) atoms. The number of nitriles is 1. The molecule has 1 aliphatic rings. The largest absolute Gasteiger partial charge is 0.352 e. The summed E-state index contributed by atoms with van der Waals surface area (Å²) in [7, 11) is -3.57. The van der Waals surface area contributed by atoms with Gasteiger partial charge < -0.3 is 5.32 Å². The van der Waals surface area contributed by atoms with Gasteiger partial charge in [-0.3, -0.25) is 4.79 Å². The highest BCUT2D eigenvalue weighted by Gasteiger charge is 2.22. The number of sulfone groups is 1. The molecule has 0 spiro atoms. The third-order valence-electron chi connectivity index (χ3n) is 3.58. The van der Waals surface area contributed by atoms with Gasteiger partial charge in [0.1, 0.15) is 5.75 Å². The van der Waals surface area contributed by atoms with Crippen LogP contribution in [0.25, 0.3) is 0 Å². The van der Waals surface area contributed by atoms with Gasteiger partial charge in [-0.1, -0.05) is 31.0 Å². The highest BCUT2D eigenvalue weighted by molar-refractivity contribution is 7.91. The molecule has 1 aromatic carbocycles. The quantitative estimate of drug-likeness (QED) is 0.893. The molecule has 1 saturated carbocycles. The maximum atomic E-state index is 12.1. The standard InChI is InChI=1S/C15H18N2O3S/c16-9-12-5-1-2-6-13(12)10-21(19,20)11-15(18)17-14-7-3-4-8-14/h1-2,5-6,14H,3-4,7-8,10-11H2,(H,17,18). The zero-order valence-electron chi connectivity index (χ0n) is 11.7. The molecule has 0 bridgehead atoms. The highest BCUT2D eigenvalue weighted by Crippen LogP contribution is 2.18. The van der Waals surface area contributed by atoms with Crippen LogP contribution in [-0.2, 0) is 20.4 Å². The van der Waals surface area contributed by atoms with Crippen LogP contribution in [0, 0.1) is 11.3 Å². The van der Waals surface area contributed by atoms with Crippen molar-refractivity contribution in [1.82, 2.24) is 5.32 Å². The molecule has 2 rings (SSSR count). The molecule has 0 unspecified atom stereocenters. The van der Waals surface area contributed by atoms with Gasteiger partial charge in [0.2, 0.25) is 5.91 Å². The summed E-state index contributed by atoms with van der Waals surface area (Å²) in [4.78, 5) is 11.8. The van der Waals surface area contributed by atoms with E-state index in [0.29, 0.717) is 11.1 Å². The lowest BCUT2D eigenvalue weighted by Crippen LogP contribution is -2.37. The molecule has 5 nitrogen and oxygen atoms in total. The van der Waals surface area contributed by atoms with E-state index in [2.05, 4.69) is 5.32 Å². The summed E-state index contributed by atoms with van der Waals surface area (Å²) < 4.78 is 24.2. The Morgan fingerprint density at radius 2 is 1.95 bits per heavy atom. The van der Waals surface area contributed by atoms with Crippen LogP contribution in [0.5, 0.6) is 0 Å². The van der Waals surface area contributed by atoms with E-state index in [1.165, 1.54) is 0 Å². The van der Waals surface area contributed by atoms with Crippen LogP contribution in [0.1, 0.15) is 36.8 Å². The molecule has 0 radical (unpaired) electrons. The molecule has 0 aromatic heterocycles. The number of nitrogens with zero attached hydrogens (tertiary/aromatic N) is 1. The van der Waals surface area contributed by atoms with Crippen molar-refractivity contribution in [2.45, 2.75) is 37.5 Å². The molecular formula is C15H18N2O3S. The van der Waals surface area contributed by atoms with Crippen LogP contribution in [0.3, 0.4) is 0 Å². The Bertz CT molecular complexity index is 656. The normalized spacial score (nSPS) is 15.6. The molecule has 6 heteroatoms. The SMILES string of the molecule is N#Cc1ccccc1CS(=O)(=O)CC(=O)NC1CCCC1. The first-order valence-corrected chi connectivity index (χ1v) is 8.80. The van der Waals surface area contributed by atoms with E-state index < -0.39 is 21.5 Å². The molecular weight excluding hydrogens is 288 g/mol. The molecule has 1 aromatic rings. The van der Waals surface area contributed by atoms with Crippen molar-refractivity contribution in [3.05, 3.63) is 35.4 Å². The fourth-order valence-electron chi connectivity index (χ4n) is 2.58. The van der Waals surface area contributed by atoms with Crippen LogP contribution < -0.4 is 5.32 Å². The number of amides is 1. The van der Waals surface area contributed by atoms with E-state index in [1.807, 2.05) is 6.07 Å². The summed E-state index contributed by atoms with van der Waals surface area (Å²) in [6.45, 7) is 0. The summed E-state index contributed by atoms with van der Waals surface area (Å²) in [6, 6.07) is 8.62. The van der Waals surface area contributed by atoms with E-state index in [1.54, 1.807) is 24.3 Å². The van der Waals surface area contributed by atoms with Gasteiger partial charge in [0.05, 0.1) is 17.4 Å². The number of carbonyl (C=O) groups is 1. The van der Waals surface area contributed by atoms with Gasteiger partial charge in [-0.2, -0.15) is 5.26 Å². The fraction of sp³-hybridized carbons (Fsp3) is 0.467. The number of benzene rings is 1. The van der Waals surface area contributed by atoms with Crippen molar-refractivity contribution in [1.29, 1.82) is 5.26 Å². The molecule has 0 saturated heterocycles. The number of hydrogen-bond donors (Lipinski definition) is 1. The van der Waals surface area contributed by atoms with Crippen LogP contribution in [-0.4, -0.2) is 26.1 Å². The second-order valence-electron chi connectivity index (χ2n) is 5.35. The summed E-state index contributed by atoms with van der Waals surface area (Å²) in [5, 5.41) is 11.7. The predicted molar refractivity (Wildman–Crippen MR) is 79.0 cm³/mol. The van der Waals surface area contributed by atoms with Crippen molar-refractivity contribution in [2.24, 2.45) is 0 Å². The molecule has 0 heterocycles. The number of hydrogen-bond acceptors (Lipinski definition) is 4. The second-order valence-corrected chi connectivity index (χ2v) is 7.41. The Balaban J connectivity index is 1.98. The lowest BCUT2D eigenvalue weighted by molar-refractivity contribution is -0.119. The minimum absolute atomic E-state index is 0.110. The molecule has 0 aliphatic heterocycles. The van der Waals surface area contributed by atoms with Crippen LogP contribution in [0.4, 0.5) is 0 Å². The first-order chi connectivity index (χ1) is 10.00. The van der Waals surface area contributed by atoms with E-state index in [4.69, 9.17) is 5.26 Å². The van der Waals surface area contributed by atoms with Crippen molar-refractivity contribution in [3.63, 3.8) is 0 Å². The third-order valence-corrected chi connectivity index (χ3v) is 5.04. The van der Waals surface area contributed by atoms with Gasteiger partial charge in [0, 0.05) is 6.04 Å². The average Bonchev–Trinajstić information content (AvgIpc) is 2.90. The zero-order valence-corrected chi connectivity index (χ0v) is 12.5. The summed E-state index contributed by atoms with van der Waals surface area (Å²) in [5.41, 5.74) is 0.769. The Labute approximate surface area is 124 Å². The minimum Gasteiger partial charge on any atom is -0.352 e. The van der Waals surface area contributed by atoms with Gasteiger partial charge in [-0.15, -0.1) is 0 Å². The Morgan fingerprint density at radius 1 is 1.29 bits per heavy atom. The smallest absolute Gasteiger partial charge is 0.235 e. The van der Waals surface area contributed by atoms with Crippen LogP contribution in [0.2, 0.25) is 0 Å². The fourth-order valence-corrected chi connectivity index (χ4v) is 3.89. The van der Waals surface area contributed by atoms with Gasteiger partial charge in [-0.05, 0) is 24.5 Å². The number of carbonyl (C=O) groups excluding carboxylic acids is 1. The third kappa shape index (κ3) is 4.57. The lowest BCUT2D eigenvalue weighted by Gasteiger charge is -2.12. The van der Waals surface area contributed by atoms with Crippen molar-refractivity contribution in [3.8, 4) is 6.07 Å². The maximum Gasteiger partial charge on any atom is 0.235 e. The van der Waals surface area contributed by atoms with Crippen molar-refractivity contribution >= 4 is 15.7 Å². The van der Waals surface area contributed by atoms with Gasteiger partial charge >= 0.3 is 0 Å². The topological polar surface area (TPSA) is 87.0 Å². The summed E-state index contributed by atoms with van der Waals surface area (Å²) in [6.07, 6.45) is 3.99. The van der Waals surface area contributed by atoms with E-state index >= 15 is 0 Å². The van der Waals surface area contributed by atoms with E-state index in [0.717, 1.165) is 25.7 Å². The molecule has 0 atom stereocenters. The molecule has 1 amide bonds. The Kier molecular flexibility index (Phi) is 4.97. The van der Waals surface area contributed by atoms with Crippen LogP contribution in [0.15, 0.2) is 24.3 Å². The molecule has 1 aliphatic carbocycles. The summed E-state index contributed by atoms with van der Waals surface area (Å²) in [5.74, 6) is -1.26. The Morgan fingerprint density at radius 3 is 2.62 bits per heavy atom. The molecule has 1 fully saturated rings. The van der Waals surface area contributed by atoms with Gasteiger partial charge in [0.25, 0.3) is 0 Å². The minimum atomic E-state index is -3.57. The van der Waals surface area contributed by atoms with E-state index in [9.17, 15) is 13.2 Å². The first kappa shape index (κ1) is 15.5. The maximum absolute atomic E-state index is 12.1. The van der Waals surface area contributed by atoms with Gasteiger partial charge in [0.15, 0.2) is 9.84 Å². The molecule has 1 N–H and O–H groups in total. The highest BCUT2D eigenvalue weighted by atomic mass is 32.2. The van der Waals surface area contributed by atoms with Crippen molar-refractivity contribution in [2.75, 3.05) is 5.75 Å². The number of rotatable bonds is 5. The molecule has 112 valence electrons. The predicted octanol–water partition coefficient (Wildman–Crippen LogP) is 1.53. The zero-order chi connectivity index (χ0) is 15.3. The van der Waals surface area contributed by atoms with Gasteiger partial charge in [-0.25, -0.2) is 8.42 Å². The lowest BCUT2D eigenvalue weighted by atomic mass is 10.1. The Hall–Kier alpha value is -1.87. The monoisotopic (exact) mass is 306 g/mol. The van der Waals surface area contributed by atoms with Crippen LogP contribution >= 0.6 is 0 Å². The summed E-state index contributed by atoms with van der Waals surface area (Å²) >= 11 is 0. The number of nitrogens with one attached hydrogen (secondary N) is 1.